The van der Waals surface area contributed by atoms with Crippen LogP contribution in [0.4, 0.5) is 0 Å². The van der Waals surface area contributed by atoms with Gasteiger partial charge in [-0.2, -0.15) is 0 Å². The average molecular weight is 254 g/mol. The van der Waals surface area contributed by atoms with Crippen LogP contribution in [0.15, 0.2) is 48.0 Å². The predicted molar refractivity (Wildman–Crippen MR) is 76.7 cm³/mol. The van der Waals surface area contributed by atoms with Crippen molar-refractivity contribution in [1.29, 1.82) is 0 Å². The minimum Gasteiger partial charge on any atom is -0.337 e. The molecule has 0 radical (unpaired) electrons. The first-order valence-electron chi connectivity index (χ1n) is 6.05. The summed E-state index contributed by atoms with van der Waals surface area (Å²) in [5.41, 5.74) is 3.57. The van der Waals surface area contributed by atoms with Crippen LogP contribution in [0.25, 0.3) is 22.0 Å². The van der Waals surface area contributed by atoms with Crippen LogP contribution in [-0.4, -0.2) is 9.97 Å². The number of aromatic nitrogens is 2. The highest BCUT2D eigenvalue weighted by molar-refractivity contribution is 7.13. The fourth-order valence-electron chi connectivity index (χ4n) is 1.96. The molecule has 0 saturated heterocycles. The number of hydrogen-bond donors (Lipinski definition) is 1. The molecule has 0 fully saturated rings. The lowest BCUT2D eigenvalue weighted by Gasteiger charge is -2.00. The molecule has 2 aromatic heterocycles. The molecule has 18 heavy (non-hydrogen) atoms. The molecular formula is C15H14N2S. The van der Waals surface area contributed by atoms with E-state index < -0.39 is 0 Å². The fraction of sp³-hybridized carbons (Fsp3) is 0.133. The van der Waals surface area contributed by atoms with Crippen molar-refractivity contribution >= 4 is 11.3 Å². The molecule has 2 nitrogen and oxygen atoms in total. The summed E-state index contributed by atoms with van der Waals surface area (Å²) in [5.74, 6) is 0.939. The number of H-pyrrole nitrogens is 1. The summed E-state index contributed by atoms with van der Waals surface area (Å²) in [4.78, 5) is 9.07. The minimum absolute atomic E-state index is 0.939. The van der Waals surface area contributed by atoms with Crippen molar-refractivity contribution in [2.75, 3.05) is 0 Å². The number of aromatic amines is 1. The van der Waals surface area contributed by atoms with E-state index in [2.05, 4.69) is 58.7 Å². The van der Waals surface area contributed by atoms with Crippen LogP contribution in [0.2, 0.25) is 0 Å². The Hall–Kier alpha value is -1.87. The predicted octanol–water partition coefficient (Wildman–Crippen LogP) is 4.37. The maximum Gasteiger partial charge on any atom is 0.137 e. The third-order valence-electron chi connectivity index (χ3n) is 2.97. The number of benzene rings is 1. The zero-order valence-corrected chi connectivity index (χ0v) is 11.0. The first kappa shape index (κ1) is 11.2. The van der Waals surface area contributed by atoms with Gasteiger partial charge in [-0.25, -0.2) is 4.98 Å². The number of imidazole rings is 1. The van der Waals surface area contributed by atoms with Gasteiger partial charge in [-0.1, -0.05) is 31.2 Å². The highest BCUT2D eigenvalue weighted by atomic mass is 32.1. The topological polar surface area (TPSA) is 28.7 Å². The molecule has 0 aliphatic heterocycles. The van der Waals surface area contributed by atoms with Crippen LogP contribution < -0.4 is 0 Å². The summed E-state index contributed by atoms with van der Waals surface area (Å²) < 4.78 is 0. The molecule has 0 saturated carbocycles. The van der Waals surface area contributed by atoms with Crippen molar-refractivity contribution in [1.82, 2.24) is 9.97 Å². The molecule has 3 rings (SSSR count). The van der Waals surface area contributed by atoms with Gasteiger partial charge in [0.15, 0.2) is 0 Å². The molecule has 0 amide bonds. The lowest BCUT2D eigenvalue weighted by atomic mass is 10.1. The maximum atomic E-state index is 4.47. The lowest BCUT2D eigenvalue weighted by Crippen LogP contribution is -1.84. The second kappa shape index (κ2) is 4.78. The molecule has 0 atom stereocenters. The monoisotopic (exact) mass is 254 g/mol. The molecule has 0 aliphatic rings. The third-order valence-corrected chi connectivity index (χ3v) is 3.87. The Balaban J connectivity index is 1.97. The Kier molecular flexibility index (Phi) is 2.99. The van der Waals surface area contributed by atoms with Crippen LogP contribution in [0.1, 0.15) is 12.5 Å². The van der Waals surface area contributed by atoms with E-state index in [0.717, 1.165) is 23.5 Å². The normalized spacial score (nSPS) is 10.7. The number of hydrogen-bond acceptors (Lipinski definition) is 2. The highest BCUT2D eigenvalue weighted by Crippen LogP contribution is 2.25. The fourth-order valence-corrected chi connectivity index (χ4v) is 2.66. The van der Waals surface area contributed by atoms with Crippen LogP contribution in [0, 0.1) is 0 Å². The number of nitrogens with zero attached hydrogens (tertiary/aromatic N) is 1. The van der Waals surface area contributed by atoms with Crippen molar-refractivity contribution in [3.8, 4) is 22.0 Å². The second-order valence-corrected chi connectivity index (χ2v) is 5.12. The molecule has 0 bridgehead atoms. The van der Waals surface area contributed by atoms with Gasteiger partial charge in [0.2, 0.25) is 0 Å². The summed E-state index contributed by atoms with van der Waals surface area (Å²) >= 11 is 1.72. The zero-order chi connectivity index (χ0) is 12.4. The summed E-state index contributed by atoms with van der Waals surface area (Å²) in [6, 6.07) is 12.7. The number of thiophene rings is 1. The van der Waals surface area contributed by atoms with Crippen LogP contribution in [-0.2, 0) is 6.42 Å². The van der Waals surface area contributed by atoms with E-state index in [1.54, 1.807) is 11.3 Å². The van der Waals surface area contributed by atoms with Gasteiger partial charge >= 0.3 is 0 Å². The maximum absolute atomic E-state index is 4.47. The largest absolute Gasteiger partial charge is 0.337 e. The first-order valence-corrected chi connectivity index (χ1v) is 6.93. The van der Waals surface area contributed by atoms with Crippen molar-refractivity contribution < 1.29 is 0 Å². The van der Waals surface area contributed by atoms with Gasteiger partial charge in [-0.15, -0.1) is 11.3 Å². The minimum atomic E-state index is 0.939. The van der Waals surface area contributed by atoms with Crippen LogP contribution >= 0.6 is 11.3 Å². The zero-order valence-electron chi connectivity index (χ0n) is 10.2. The smallest absolute Gasteiger partial charge is 0.137 e. The Bertz CT molecular complexity index is 638. The summed E-state index contributed by atoms with van der Waals surface area (Å²) in [7, 11) is 0. The summed E-state index contributed by atoms with van der Waals surface area (Å²) in [5, 5.41) is 2.08. The molecule has 90 valence electrons. The van der Waals surface area contributed by atoms with E-state index in [9.17, 15) is 0 Å². The summed E-state index contributed by atoms with van der Waals surface area (Å²) in [6.07, 6.45) is 2.95. The Morgan fingerprint density at radius 3 is 2.94 bits per heavy atom. The van der Waals surface area contributed by atoms with Crippen molar-refractivity contribution in [3.05, 3.63) is 53.5 Å². The lowest BCUT2D eigenvalue weighted by molar-refractivity contribution is 1.14. The van der Waals surface area contributed by atoms with Gasteiger partial charge in [0, 0.05) is 5.56 Å². The molecule has 2 heterocycles. The third kappa shape index (κ3) is 2.09. The Labute approximate surface area is 110 Å². The first-order chi connectivity index (χ1) is 8.86. The van der Waals surface area contributed by atoms with Gasteiger partial charge in [-0.05, 0) is 29.5 Å². The van der Waals surface area contributed by atoms with E-state index >= 15 is 0 Å². The summed E-state index contributed by atoms with van der Waals surface area (Å²) in [6.45, 7) is 2.17. The molecule has 1 N–H and O–H groups in total. The molecule has 3 aromatic rings. The van der Waals surface area contributed by atoms with Gasteiger partial charge in [-0.3, -0.25) is 0 Å². The van der Waals surface area contributed by atoms with Crippen LogP contribution in [0.5, 0.6) is 0 Å². The number of rotatable bonds is 3. The molecule has 3 heteroatoms. The molecular weight excluding hydrogens is 240 g/mol. The van der Waals surface area contributed by atoms with Crippen LogP contribution in [0.3, 0.4) is 0 Å². The SMILES string of the molecule is CCc1cccc(-c2ncc(-c3cccs3)[nH]2)c1. The standard InChI is InChI=1S/C15H14N2S/c1-2-11-5-3-6-12(9-11)15-16-10-13(17-15)14-7-4-8-18-14/h3-10H,2H2,1H3,(H,16,17). The van der Waals surface area contributed by atoms with Gasteiger partial charge in [0.1, 0.15) is 5.82 Å². The van der Waals surface area contributed by atoms with E-state index in [-0.39, 0.29) is 0 Å². The Morgan fingerprint density at radius 2 is 2.17 bits per heavy atom. The highest BCUT2D eigenvalue weighted by Gasteiger charge is 2.06. The molecule has 0 unspecified atom stereocenters. The van der Waals surface area contributed by atoms with E-state index in [4.69, 9.17) is 0 Å². The molecule has 0 spiro atoms. The van der Waals surface area contributed by atoms with Crippen molar-refractivity contribution in [3.63, 3.8) is 0 Å². The number of nitrogens with one attached hydrogen (secondary N) is 1. The van der Waals surface area contributed by atoms with Gasteiger partial charge in [0.05, 0.1) is 16.8 Å². The number of aryl methyl sites for hydroxylation is 1. The van der Waals surface area contributed by atoms with E-state index in [1.165, 1.54) is 10.4 Å². The average Bonchev–Trinajstić information content (AvgIpc) is 3.09. The van der Waals surface area contributed by atoms with E-state index in [0.29, 0.717) is 0 Å². The van der Waals surface area contributed by atoms with Gasteiger partial charge < -0.3 is 4.98 Å². The van der Waals surface area contributed by atoms with E-state index in [1.807, 2.05) is 6.20 Å². The quantitative estimate of drug-likeness (QED) is 0.738. The molecule has 1 aromatic carbocycles. The van der Waals surface area contributed by atoms with Crippen molar-refractivity contribution in [2.45, 2.75) is 13.3 Å². The Morgan fingerprint density at radius 1 is 1.22 bits per heavy atom. The molecule has 0 aliphatic carbocycles. The second-order valence-electron chi connectivity index (χ2n) is 4.18. The van der Waals surface area contributed by atoms with Gasteiger partial charge in [0.25, 0.3) is 0 Å². The van der Waals surface area contributed by atoms with Crippen molar-refractivity contribution in [2.24, 2.45) is 0 Å².